The van der Waals surface area contributed by atoms with Crippen LogP contribution in [0.3, 0.4) is 0 Å². The highest BCUT2D eigenvalue weighted by Gasteiger charge is 2.14. The van der Waals surface area contributed by atoms with Crippen molar-refractivity contribution in [3.05, 3.63) is 18.2 Å². The number of rotatable bonds is 6. The van der Waals surface area contributed by atoms with E-state index in [1.165, 1.54) is 0 Å². The Balaban J connectivity index is 2.60. The van der Waals surface area contributed by atoms with Crippen LogP contribution in [-0.4, -0.2) is 32.9 Å². The summed E-state index contributed by atoms with van der Waals surface area (Å²) in [7, 11) is 3.26. The first-order chi connectivity index (χ1) is 8.48. The fourth-order valence-corrected chi connectivity index (χ4v) is 1.61. The molecule has 0 bridgehead atoms. The third-order valence-corrected chi connectivity index (χ3v) is 2.50. The van der Waals surface area contributed by atoms with Crippen molar-refractivity contribution in [2.24, 2.45) is 0 Å². The molecule has 0 heterocycles. The highest BCUT2D eigenvalue weighted by molar-refractivity contribution is 5.51. The summed E-state index contributed by atoms with van der Waals surface area (Å²) in [4.78, 5) is 0. The lowest BCUT2D eigenvalue weighted by atomic mass is 10.1. The number of hydrogen-bond acceptors (Lipinski definition) is 3. The molecular formula is C14H24NO3+. The van der Waals surface area contributed by atoms with Gasteiger partial charge >= 0.3 is 0 Å². The van der Waals surface area contributed by atoms with Gasteiger partial charge in [0.25, 0.3) is 0 Å². The van der Waals surface area contributed by atoms with E-state index in [0.717, 1.165) is 6.54 Å². The maximum absolute atomic E-state index is 5.76. The fourth-order valence-electron chi connectivity index (χ4n) is 1.61. The second kappa shape index (κ2) is 6.50. The van der Waals surface area contributed by atoms with Crippen molar-refractivity contribution in [1.29, 1.82) is 0 Å². The summed E-state index contributed by atoms with van der Waals surface area (Å²) in [6, 6.07) is 5.61. The molecule has 0 unspecified atom stereocenters. The minimum atomic E-state index is 0.216. The van der Waals surface area contributed by atoms with Gasteiger partial charge in [-0.05, 0) is 32.9 Å². The standard InChI is InChI=1S/C14H23NO3/c1-14(2,3)15-9-10-18-13-11(16-4)7-6-8-12(13)17-5/h6-8,15H,9-10H2,1-5H3/p+1. The first-order valence-electron chi connectivity index (χ1n) is 6.16. The summed E-state index contributed by atoms with van der Waals surface area (Å²) in [5.74, 6) is 2.07. The van der Waals surface area contributed by atoms with Crippen molar-refractivity contribution in [3.63, 3.8) is 0 Å². The van der Waals surface area contributed by atoms with Gasteiger partial charge in [0.1, 0.15) is 13.2 Å². The first-order valence-corrected chi connectivity index (χ1v) is 6.16. The number of benzene rings is 1. The van der Waals surface area contributed by atoms with E-state index in [9.17, 15) is 0 Å². The quantitative estimate of drug-likeness (QED) is 0.781. The van der Waals surface area contributed by atoms with Crippen molar-refractivity contribution in [1.82, 2.24) is 0 Å². The van der Waals surface area contributed by atoms with Crippen LogP contribution in [0.5, 0.6) is 17.2 Å². The van der Waals surface area contributed by atoms with Crippen LogP contribution in [0.2, 0.25) is 0 Å². The molecule has 0 saturated heterocycles. The molecule has 0 aromatic heterocycles. The monoisotopic (exact) mass is 254 g/mol. The lowest BCUT2D eigenvalue weighted by Crippen LogP contribution is -2.95. The number of methoxy groups -OCH3 is 2. The molecule has 18 heavy (non-hydrogen) atoms. The van der Waals surface area contributed by atoms with Crippen molar-refractivity contribution in [3.8, 4) is 17.2 Å². The smallest absolute Gasteiger partial charge is 0.203 e. The summed E-state index contributed by atoms with van der Waals surface area (Å²) in [5, 5.41) is 2.24. The van der Waals surface area contributed by atoms with Gasteiger partial charge in [0.15, 0.2) is 11.5 Å². The molecule has 2 N–H and O–H groups in total. The molecular weight excluding hydrogens is 230 g/mol. The number of ether oxygens (including phenoxy) is 3. The molecule has 0 fully saturated rings. The van der Waals surface area contributed by atoms with Gasteiger partial charge in [-0.1, -0.05) is 6.07 Å². The van der Waals surface area contributed by atoms with Gasteiger partial charge in [-0.3, -0.25) is 0 Å². The van der Waals surface area contributed by atoms with Crippen molar-refractivity contribution in [2.75, 3.05) is 27.4 Å². The molecule has 0 atom stereocenters. The van der Waals surface area contributed by atoms with E-state index >= 15 is 0 Å². The van der Waals surface area contributed by atoms with E-state index < -0.39 is 0 Å². The average molecular weight is 254 g/mol. The van der Waals surface area contributed by atoms with Crippen LogP contribution in [-0.2, 0) is 0 Å². The van der Waals surface area contributed by atoms with E-state index in [0.29, 0.717) is 23.9 Å². The van der Waals surface area contributed by atoms with E-state index in [1.54, 1.807) is 14.2 Å². The molecule has 0 aliphatic heterocycles. The maximum atomic E-state index is 5.76. The van der Waals surface area contributed by atoms with Gasteiger partial charge in [-0.2, -0.15) is 0 Å². The normalized spacial score (nSPS) is 11.2. The van der Waals surface area contributed by atoms with Crippen molar-refractivity contribution in [2.45, 2.75) is 26.3 Å². The Morgan fingerprint density at radius 2 is 1.61 bits per heavy atom. The Hall–Kier alpha value is -1.42. The molecule has 4 heteroatoms. The van der Waals surface area contributed by atoms with Gasteiger partial charge in [0, 0.05) is 0 Å². The molecule has 0 radical (unpaired) electrons. The first kappa shape index (κ1) is 14.6. The molecule has 0 amide bonds. The van der Waals surface area contributed by atoms with Gasteiger partial charge in [-0.15, -0.1) is 0 Å². The number of quaternary nitrogens is 1. The zero-order valence-electron chi connectivity index (χ0n) is 11.9. The van der Waals surface area contributed by atoms with E-state index in [-0.39, 0.29) is 5.54 Å². The van der Waals surface area contributed by atoms with Crippen molar-refractivity contribution >= 4 is 0 Å². The van der Waals surface area contributed by atoms with Crippen LogP contribution < -0.4 is 19.5 Å². The van der Waals surface area contributed by atoms with Crippen LogP contribution in [0.1, 0.15) is 20.8 Å². The van der Waals surface area contributed by atoms with Crippen LogP contribution in [0.4, 0.5) is 0 Å². The topological polar surface area (TPSA) is 44.3 Å². The van der Waals surface area contributed by atoms with E-state index in [2.05, 4.69) is 26.1 Å². The molecule has 0 aliphatic rings. The number of nitrogens with two attached hydrogens (primary N) is 1. The molecule has 1 aromatic carbocycles. The van der Waals surface area contributed by atoms with Gasteiger partial charge in [0.05, 0.1) is 19.8 Å². The summed E-state index contributed by atoms with van der Waals surface area (Å²) >= 11 is 0. The minimum absolute atomic E-state index is 0.216. The lowest BCUT2D eigenvalue weighted by molar-refractivity contribution is -0.717. The number of hydrogen-bond donors (Lipinski definition) is 1. The summed E-state index contributed by atoms with van der Waals surface area (Å²) in [5.41, 5.74) is 0.216. The molecule has 0 saturated carbocycles. The lowest BCUT2D eigenvalue weighted by Gasteiger charge is -2.18. The molecule has 1 aromatic rings. The predicted octanol–water partition coefficient (Wildman–Crippen LogP) is 1.44. The average Bonchev–Trinajstić information content (AvgIpc) is 2.33. The number of para-hydroxylation sites is 1. The molecule has 0 spiro atoms. The second-order valence-corrected chi connectivity index (χ2v) is 5.20. The zero-order chi connectivity index (χ0) is 13.6. The molecule has 0 aliphatic carbocycles. The van der Waals surface area contributed by atoms with Gasteiger partial charge in [0.2, 0.25) is 5.75 Å². The SMILES string of the molecule is COc1cccc(OC)c1OCC[NH2+]C(C)(C)C. The Kier molecular flexibility index (Phi) is 5.28. The minimum Gasteiger partial charge on any atom is -0.493 e. The predicted molar refractivity (Wildman–Crippen MR) is 71.6 cm³/mol. The Morgan fingerprint density at radius 3 is 2.06 bits per heavy atom. The van der Waals surface area contributed by atoms with Crippen LogP contribution in [0.15, 0.2) is 18.2 Å². The second-order valence-electron chi connectivity index (χ2n) is 5.20. The van der Waals surface area contributed by atoms with E-state index in [4.69, 9.17) is 14.2 Å². The maximum Gasteiger partial charge on any atom is 0.203 e. The molecule has 102 valence electrons. The largest absolute Gasteiger partial charge is 0.493 e. The Labute approximate surface area is 109 Å². The highest BCUT2D eigenvalue weighted by atomic mass is 16.5. The summed E-state index contributed by atoms with van der Waals surface area (Å²) in [6.45, 7) is 8.04. The van der Waals surface area contributed by atoms with Gasteiger partial charge in [-0.25, -0.2) is 0 Å². The summed E-state index contributed by atoms with van der Waals surface area (Å²) in [6.07, 6.45) is 0. The zero-order valence-corrected chi connectivity index (χ0v) is 11.9. The van der Waals surface area contributed by atoms with Crippen LogP contribution in [0, 0.1) is 0 Å². The third kappa shape index (κ3) is 4.45. The van der Waals surface area contributed by atoms with Crippen LogP contribution >= 0.6 is 0 Å². The third-order valence-electron chi connectivity index (χ3n) is 2.50. The van der Waals surface area contributed by atoms with Crippen LogP contribution in [0.25, 0.3) is 0 Å². The van der Waals surface area contributed by atoms with Crippen molar-refractivity contribution < 1.29 is 19.5 Å². The fraction of sp³-hybridized carbons (Fsp3) is 0.571. The summed E-state index contributed by atoms with van der Waals surface area (Å²) < 4.78 is 16.3. The Morgan fingerprint density at radius 1 is 1.06 bits per heavy atom. The van der Waals surface area contributed by atoms with E-state index in [1.807, 2.05) is 18.2 Å². The molecule has 1 rings (SSSR count). The Bertz CT molecular complexity index is 350. The van der Waals surface area contributed by atoms with Gasteiger partial charge < -0.3 is 19.5 Å². The molecule has 4 nitrogen and oxygen atoms in total. The highest BCUT2D eigenvalue weighted by Crippen LogP contribution is 2.36.